The Morgan fingerprint density at radius 2 is 2.45 bits per heavy atom. The first-order chi connectivity index (χ1) is 5.18. The van der Waals surface area contributed by atoms with E-state index in [9.17, 15) is 4.79 Å². The average molecular weight is 156 g/mol. The van der Waals surface area contributed by atoms with Crippen LogP contribution < -0.4 is 5.73 Å². The largest absolute Gasteiger partial charge is 0.370 e. The van der Waals surface area contributed by atoms with Gasteiger partial charge in [-0.25, -0.2) is 0 Å². The van der Waals surface area contributed by atoms with Gasteiger partial charge in [0.15, 0.2) is 0 Å². The van der Waals surface area contributed by atoms with E-state index in [1.54, 1.807) is 0 Å². The Morgan fingerprint density at radius 3 is 3.00 bits per heavy atom. The molecule has 1 saturated heterocycles. The minimum Gasteiger partial charge on any atom is -0.370 e. The van der Waals surface area contributed by atoms with Crippen LogP contribution in [0.25, 0.3) is 0 Å². The molecule has 3 heteroatoms. The third-order valence-electron chi connectivity index (χ3n) is 2.21. The van der Waals surface area contributed by atoms with Gasteiger partial charge in [-0.15, -0.1) is 0 Å². The third kappa shape index (κ3) is 2.89. The van der Waals surface area contributed by atoms with E-state index in [4.69, 9.17) is 5.73 Å². The lowest BCUT2D eigenvalue weighted by molar-refractivity contribution is -0.119. The second-order valence-electron chi connectivity index (χ2n) is 3.44. The Balaban J connectivity index is 2.28. The minimum absolute atomic E-state index is 0.162. The molecule has 1 aliphatic rings. The van der Waals surface area contributed by atoms with E-state index in [-0.39, 0.29) is 5.91 Å². The average Bonchev–Trinajstić information content (AvgIpc) is 1.85. The molecule has 1 rings (SSSR count). The predicted octanol–water partition coefficient (Wildman–Crippen LogP) is 0.204. The molecule has 0 spiro atoms. The number of hydrogen-bond donors (Lipinski definition) is 1. The molecule has 1 atom stereocenters. The van der Waals surface area contributed by atoms with Gasteiger partial charge in [0.05, 0.1) is 0 Å². The summed E-state index contributed by atoms with van der Waals surface area (Å²) < 4.78 is 0. The number of carbonyl (C=O) groups is 1. The van der Waals surface area contributed by atoms with Crippen molar-refractivity contribution in [3.05, 3.63) is 0 Å². The van der Waals surface area contributed by atoms with Crippen molar-refractivity contribution >= 4 is 5.91 Å². The van der Waals surface area contributed by atoms with Gasteiger partial charge in [0.2, 0.25) is 5.91 Å². The first-order valence-corrected chi connectivity index (χ1v) is 4.15. The van der Waals surface area contributed by atoms with E-state index in [1.165, 1.54) is 6.42 Å². The molecule has 2 N–H and O–H groups in total. The number of nitrogens with two attached hydrogens (primary N) is 1. The molecule has 0 unspecified atom stereocenters. The highest BCUT2D eigenvalue weighted by atomic mass is 16.1. The fraction of sp³-hybridized carbons (Fsp3) is 0.875. The van der Waals surface area contributed by atoms with Crippen LogP contribution in [0.3, 0.4) is 0 Å². The van der Waals surface area contributed by atoms with Gasteiger partial charge in [-0.2, -0.15) is 0 Å². The maximum Gasteiger partial charge on any atom is 0.217 e. The minimum atomic E-state index is -0.162. The monoisotopic (exact) mass is 156 g/mol. The summed E-state index contributed by atoms with van der Waals surface area (Å²) in [6.45, 7) is 2.19. The molecule has 64 valence electrons. The topological polar surface area (TPSA) is 46.3 Å². The lowest BCUT2D eigenvalue weighted by Gasteiger charge is -2.28. The first-order valence-electron chi connectivity index (χ1n) is 4.15. The number of carbonyl (C=O) groups excluding carboxylic acids is 1. The zero-order chi connectivity index (χ0) is 8.27. The first kappa shape index (κ1) is 8.53. The molecule has 1 heterocycles. The highest BCUT2D eigenvalue weighted by molar-refractivity contribution is 5.74. The molecule has 0 aliphatic carbocycles. The van der Waals surface area contributed by atoms with E-state index in [2.05, 4.69) is 11.9 Å². The summed E-state index contributed by atoms with van der Waals surface area (Å²) in [6.07, 6.45) is 2.92. The molecule has 11 heavy (non-hydrogen) atoms. The number of primary amides is 1. The maximum atomic E-state index is 10.6. The van der Waals surface area contributed by atoms with Crippen LogP contribution in [0.4, 0.5) is 0 Å². The van der Waals surface area contributed by atoms with Crippen molar-refractivity contribution in [1.82, 2.24) is 4.90 Å². The summed E-state index contributed by atoms with van der Waals surface area (Å²) in [4.78, 5) is 12.8. The Bertz CT molecular complexity index is 147. The predicted molar refractivity (Wildman–Crippen MR) is 44.0 cm³/mol. The Labute approximate surface area is 67.5 Å². The zero-order valence-electron chi connectivity index (χ0n) is 7.05. The van der Waals surface area contributed by atoms with E-state index in [0.29, 0.717) is 12.3 Å². The number of amides is 1. The number of rotatable bonds is 2. The SMILES string of the molecule is CN1CCC[C@H](CC(N)=O)C1. The summed E-state index contributed by atoms with van der Waals surface area (Å²) in [5.41, 5.74) is 5.11. The molecule has 0 aromatic carbocycles. The van der Waals surface area contributed by atoms with Crippen LogP contribution in [0.1, 0.15) is 19.3 Å². The van der Waals surface area contributed by atoms with Gasteiger partial charge >= 0.3 is 0 Å². The maximum absolute atomic E-state index is 10.6. The van der Waals surface area contributed by atoms with Crippen molar-refractivity contribution in [3.63, 3.8) is 0 Å². The van der Waals surface area contributed by atoms with Gasteiger partial charge in [-0.3, -0.25) is 4.79 Å². The summed E-state index contributed by atoms with van der Waals surface area (Å²) in [5.74, 6) is 0.344. The van der Waals surface area contributed by atoms with E-state index in [0.717, 1.165) is 19.5 Å². The molecule has 1 aliphatic heterocycles. The Morgan fingerprint density at radius 1 is 1.73 bits per heavy atom. The molecule has 0 saturated carbocycles. The van der Waals surface area contributed by atoms with Gasteiger partial charge in [-0.05, 0) is 32.4 Å². The van der Waals surface area contributed by atoms with Crippen molar-refractivity contribution in [1.29, 1.82) is 0 Å². The Kier molecular flexibility index (Phi) is 2.88. The van der Waals surface area contributed by atoms with Gasteiger partial charge in [0, 0.05) is 13.0 Å². The van der Waals surface area contributed by atoms with Crippen molar-refractivity contribution in [2.75, 3.05) is 20.1 Å². The second-order valence-corrected chi connectivity index (χ2v) is 3.44. The van der Waals surface area contributed by atoms with E-state index < -0.39 is 0 Å². The fourth-order valence-electron chi connectivity index (χ4n) is 1.72. The smallest absolute Gasteiger partial charge is 0.217 e. The molecule has 1 fully saturated rings. The quantitative estimate of drug-likeness (QED) is 0.621. The van der Waals surface area contributed by atoms with Crippen LogP contribution >= 0.6 is 0 Å². The van der Waals surface area contributed by atoms with Crippen molar-refractivity contribution in [2.45, 2.75) is 19.3 Å². The van der Waals surface area contributed by atoms with Gasteiger partial charge < -0.3 is 10.6 Å². The number of likely N-dealkylation sites (tertiary alicyclic amines) is 1. The zero-order valence-corrected chi connectivity index (χ0v) is 7.05. The number of hydrogen-bond acceptors (Lipinski definition) is 2. The lowest BCUT2D eigenvalue weighted by atomic mass is 9.95. The summed E-state index contributed by atoms with van der Waals surface area (Å²) >= 11 is 0. The van der Waals surface area contributed by atoms with Crippen molar-refractivity contribution < 1.29 is 4.79 Å². The molecule has 0 radical (unpaired) electrons. The fourth-order valence-corrected chi connectivity index (χ4v) is 1.72. The standard InChI is InChI=1S/C8H16N2O/c1-10-4-2-3-7(6-10)5-8(9)11/h7H,2-6H2,1H3,(H2,9,11)/t7-/m1/s1. The van der Waals surface area contributed by atoms with Crippen LogP contribution in [0.15, 0.2) is 0 Å². The molecule has 0 aromatic heterocycles. The summed E-state index contributed by atoms with van der Waals surface area (Å²) in [6, 6.07) is 0. The number of piperidine rings is 1. The van der Waals surface area contributed by atoms with Crippen LogP contribution in [0.2, 0.25) is 0 Å². The summed E-state index contributed by atoms with van der Waals surface area (Å²) in [5, 5.41) is 0. The number of nitrogens with zero attached hydrogens (tertiary/aromatic N) is 1. The normalized spacial score (nSPS) is 26.8. The van der Waals surface area contributed by atoms with Gasteiger partial charge in [0.1, 0.15) is 0 Å². The van der Waals surface area contributed by atoms with Crippen LogP contribution in [-0.2, 0) is 4.79 Å². The van der Waals surface area contributed by atoms with Gasteiger partial charge in [-0.1, -0.05) is 0 Å². The Hall–Kier alpha value is -0.570. The third-order valence-corrected chi connectivity index (χ3v) is 2.21. The van der Waals surface area contributed by atoms with Crippen LogP contribution in [0, 0.1) is 5.92 Å². The van der Waals surface area contributed by atoms with Gasteiger partial charge in [0.25, 0.3) is 0 Å². The molecule has 0 bridgehead atoms. The molecule has 0 aromatic rings. The van der Waals surface area contributed by atoms with Crippen LogP contribution in [0.5, 0.6) is 0 Å². The lowest BCUT2D eigenvalue weighted by Crippen LogP contribution is -2.34. The molecule has 3 nitrogen and oxygen atoms in total. The van der Waals surface area contributed by atoms with Crippen molar-refractivity contribution in [3.8, 4) is 0 Å². The van der Waals surface area contributed by atoms with Crippen molar-refractivity contribution in [2.24, 2.45) is 11.7 Å². The second kappa shape index (κ2) is 3.72. The highest BCUT2D eigenvalue weighted by Gasteiger charge is 2.18. The molecule has 1 amide bonds. The molecular weight excluding hydrogens is 140 g/mol. The summed E-state index contributed by atoms with van der Waals surface area (Å²) in [7, 11) is 2.09. The highest BCUT2D eigenvalue weighted by Crippen LogP contribution is 2.17. The van der Waals surface area contributed by atoms with E-state index >= 15 is 0 Å². The van der Waals surface area contributed by atoms with E-state index in [1.807, 2.05) is 0 Å². The van der Waals surface area contributed by atoms with Crippen LogP contribution in [-0.4, -0.2) is 30.9 Å². The molecular formula is C8H16N2O.